The lowest BCUT2D eigenvalue weighted by atomic mass is 10.1. The Bertz CT molecular complexity index is 359. The molecule has 0 aliphatic heterocycles. The van der Waals surface area contributed by atoms with Crippen LogP contribution in [0.1, 0.15) is 25.0 Å². The van der Waals surface area contributed by atoms with Crippen LogP contribution in [0.4, 0.5) is 0 Å². The van der Waals surface area contributed by atoms with Crippen molar-refractivity contribution in [1.29, 1.82) is 0 Å². The molecule has 94 valence electrons. The SMILES string of the molecule is Cc1ccc(CC(=O)N(CCCl)C(C)C)cc1. The van der Waals surface area contributed by atoms with Crippen LogP contribution in [-0.4, -0.2) is 29.3 Å². The van der Waals surface area contributed by atoms with Crippen molar-refractivity contribution in [3.63, 3.8) is 0 Å². The maximum absolute atomic E-state index is 12.1. The molecule has 2 nitrogen and oxygen atoms in total. The molecule has 0 saturated carbocycles. The number of alkyl halides is 1. The van der Waals surface area contributed by atoms with E-state index in [1.165, 1.54) is 5.56 Å². The van der Waals surface area contributed by atoms with E-state index in [4.69, 9.17) is 11.6 Å². The van der Waals surface area contributed by atoms with Gasteiger partial charge in [-0.3, -0.25) is 4.79 Å². The Morgan fingerprint density at radius 2 is 1.88 bits per heavy atom. The quantitative estimate of drug-likeness (QED) is 0.739. The van der Waals surface area contributed by atoms with Gasteiger partial charge in [0.15, 0.2) is 0 Å². The Kier molecular flexibility index (Phi) is 5.49. The van der Waals surface area contributed by atoms with E-state index >= 15 is 0 Å². The van der Waals surface area contributed by atoms with E-state index in [0.717, 1.165) is 5.56 Å². The maximum Gasteiger partial charge on any atom is 0.227 e. The van der Waals surface area contributed by atoms with Gasteiger partial charge in [-0.25, -0.2) is 0 Å². The number of halogens is 1. The van der Waals surface area contributed by atoms with E-state index in [9.17, 15) is 4.79 Å². The molecule has 0 fully saturated rings. The number of rotatable bonds is 5. The van der Waals surface area contributed by atoms with Gasteiger partial charge in [-0.1, -0.05) is 29.8 Å². The second-order valence-electron chi connectivity index (χ2n) is 4.53. The van der Waals surface area contributed by atoms with Gasteiger partial charge in [0.05, 0.1) is 6.42 Å². The average Bonchev–Trinajstić information content (AvgIpc) is 2.28. The molecule has 1 aromatic carbocycles. The van der Waals surface area contributed by atoms with E-state index in [2.05, 4.69) is 0 Å². The standard InChI is InChI=1S/C14H20ClNO/c1-11(2)16(9-8-15)14(17)10-13-6-4-12(3)5-7-13/h4-7,11H,8-10H2,1-3H3. The molecule has 0 heterocycles. The number of hydrogen-bond donors (Lipinski definition) is 0. The fourth-order valence-electron chi connectivity index (χ4n) is 1.74. The minimum atomic E-state index is 0.143. The van der Waals surface area contributed by atoms with Gasteiger partial charge in [-0.05, 0) is 26.3 Å². The minimum absolute atomic E-state index is 0.143. The van der Waals surface area contributed by atoms with E-state index in [-0.39, 0.29) is 11.9 Å². The third-order valence-corrected chi connectivity index (χ3v) is 2.91. The Morgan fingerprint density at radius 1 is 1.29 bits per heavy atom. The van der Waals surface area contributed by atoms with Gasteiger partial charge >= 0.3 is 0 Å². The summed E-state index contributed by atoms with van der Waals surface area (Å²) >= 11 is 5.71. The molecule has 0 atom stereocenters. The van der Waals surface area contributed by atoms with Crippen molar-refractivity contribution < 1.29 is 4.79 Å². The second-order valence-corrected chi connectivity index (χ2v) is 4.91. The molecular weight excluding hydrogens is 234 g/mol. The van der Waals surface area contributed by atoms with Crippen LogP contribution in [0.2, 0.25) is 0 Å². The number of amides is 1. The Hall–Kier alpha value is -1.02. The second kappa shape index (κ2) is 6.65. The minimum Gasteiger partial charge on any atom is -0.339 e. The van der Waals surface area contributed by atoms with Crippen LogP contribution in [0.3, 0.4) is 0 Å². The highest BCUT2D eigenvalue weighted by atomic mass is 35.5. The predicted molar refractivity (Wildman–Crippen MR) is 72.5 cm³/mol. The van der Waals surface area contributed by atoms with Crippen molar-refractivity contribution >= 4 is 17.5 Å². The van der Waals surface area contributed by atoms with E-state index in [1.54, 1.807) is 0 Å². The smallest absolute Gasteiger partial charge is 0.227 e. The summed E-state index contributed by atoms with van der Waals surface area (Å²) in [7, 11) is 0. The summed E-state index contributed by atoms with van der Waals surface area (Å²) in [6.07, 6.45) is 0.454. The van der Waals surface area contributed by atoms with Gasteiger partial charge in [-0.2, -0.15) is 0 Å². The summed E-state index contributed by atoms with van der Waals surface area (Å²) in [4.78, 5) is 13.9. The maximum atomic E-state index is 12.1. The van der Waals surface area contributed by atoms with Gasteiger partial charge in [0.25, 0.3) is 0 Å². The van der Waals surface area contributed by atoms with Crippen molar-refractivity contribution in [2.75, 3.05) is 12.4 Å². The molecule has 0 unspecified atom stereocenters. The molecular formula is C14H20ClNO. The number of aryl methyl sites for hydroxylation is 1. The first-order chi connectivity index (χ1) is 8.04. The van der Waals surface area contributed by atoms with Gasteiger partial charge in [0.1, 0.15) is 0 Å². The monoisotopic (exact) mass is 253 g/mol. The summed E-state index contributed by atoms with van der Waals surface area (Å²) in [6.45, 7) is 6.68. The van der Waals surface area contributed by atoms with E-state index < -0.39 is 0 Å². The van der Waals surface area contributed by atoms with Crippen LogP contribution < -0.4 is 0 Å². The Labute approximate surface area is 109 Å². The molecule has 1 rings (SSSR count). The summed E-state index contributed by atoms with van der Waals surface area (Å²) < 4.78 is 0. The van der Waals surface area contributed by atoms with Crippen LogP contribution in [0.25, 0.3) is 0 Å². The average molecular weight is 254 g/mol. The number of benzene rings is 1. The third kappa shape index (κ3) is 4.39. The summed E-state index contributed by atoms with van der Waals surface area (Å²) in [5.74, 6) is 0.627. The number of carbonyl (C=O) groups is 1. The molecule has 0 aliphatic carbocycles. The fourth-order valence-corrected chi connectivity index (χ4v) is 1.93. The van der Waals surface area contributed by atoms with Crippen molar-refractivity contribution in [3.05, 3.63) is 35.4 Å². The topological polar surface area (TPSA) is 20.3 Å². The van der Waals surface area contributed by atoms with Crippen LogP contribution >= 0.6 is 11.6 Å². The van der Waals surface area contributed by atoms with E-state index in [1.807, 2.05) is 49.9 Å². The first-order valence-corrected chi connectivity index (χ1v) is 6.49. The Morgan fingerprint density at radius 3 is 2.35 bits per heavy atom. The highest BCUT2D eigenvalue weighted by Gasteiger charge is 2.16. The van der Waals surface area contributed by atoms with E-state index in [0.29, 0.717) is 18.8 Å². The molecule has 0 saturated heterocycles. The molecule has 0 bridgehead atoms. The van der Waals surface area contributed by atoms with Gasteiger partial charge in [-0.15, -0.1) is 11.6 Å². The van der Waals surface area contributed by atoms with Crippen LogP contribution in [0.5, 0.6) is 0 Å². The van der Waals surface area contributed by atoms with Crippen LogP contribution in [0.15, 0.2) is 24.3 Å². The molecule has 1 amide bonds. The first-order valence-electron chi connectivity index (χ1n) is 5.95. The predicted octanol–water partition coefficient (Wildman–Crippen LogP) is 3.01. The number of hydrogen-bond acceptors (Lipinski definition) is 1. The van der Waals surface area contributed by atoms with Crippen molar-refractivity contribution in [1.82, 2.24) is 4.90 Å². The summed E-state index contributed by atoms with van der Waals surface area (Å²) in [5.41, 5.74) is 2.27. The molecule has 0 spiro atoms. The molecule has 3 heteroatoms. The van der Waals surface area contributed by atoms with Gasteiger partial charge in [0.2, 0.25) is 5.91 Å². The molecule has 0 aromatic heterocycles. The molecule has 0 aliphatic rings. The number of carbonyl (C=O) groups excluding carboxylic acids is 1. The fraction of sp³-hybridized carbons (Fsp3) is 0.500. The molecule has 0 N–H and O–H groups in total. The zero-order valence-electron chi connectivity index (χ0n) is 10.7. The van der Waals surface area contributed by atoms with Crippen LogP contribution in [0, 0.1) is 6.92 Å². The zero-order chi connectivity index (χ0) is 12.8. The lowest BCUT2D eigenvalue weighted by Gasteiger charge is -2.26. The lowest BCUT2D eigenvalue weighted by molar-refractivity contribution is -0.131. The first kappa shape index (κ1) is 14.0. The van der Waals surface area contributed by atoms with Crippen molar-refractivity contribution in [3.8, 4) is 0 Å². The highest BCUT2D eigenvalue weighted by Crippen LogP contribution is 2.08. The van der Waals surface area contributed by atoms with Crippen molar-refractivity contribution in [2.45, 2.75) is 33.2 Å². The summed E-state index contributed by atoms with van der Waals surface area (Å²) in [6, 6.07) is 8.28. The largest absolute Gasteiger partial charge is 0.339 e. The van der Waals surface area contributed by atoms with Crippen LogP contribution in [-0.2, 0) is 11.2 Å². The lowest BCUT2D eigenvalue weighted by Crippen LogP contribution is -2.39. The molecule has 0 radical (unpaired) electrons. The third-order valence-electron chi connectivity index (χ3n) is 2.75. The summed E-state index contributed by atoms with van der Waals surface area (Å²) in [5, 5.41) is 0. The highest BCUT2D eigenvalue weighted by molar-refractivity contribution is 6.18. The van der Waals surface area contributed by atoms with Gasteiger partial charge < -0.3 is 4.90 Å². The molecule has 17 heavy (non-hydrogen) atoms. The normalized spacial score (nSPS) is 10.6. The van der Waals surface area contributed by atoms with Gasteiger partial charge in [0, 0.05) is 18.5 Å². The van der Waals surface area contributed by atoms with Crippen molar-refractivity contribution in [2.24, 2.45) is 0 Å². The zero-order valence-corrected chi connectivity index (χ0v) is 11.5. The molecule has 1 aromatic rings. The number of nitrogens with zero attached hydrogens (tertiary/aromatic N) is 1. The Balaban J connectivity index is 2.66.